The van der Waals surface area contributed by atoms with E-state index in [1.807, 2.05) is 30.3 Å². The zero-order chi connectivity index (χ0) is 20.4. The van der Waals surface area contributed by atoms with Crippen LogP contribution in [0.2, 0.25) is 0 Å². The highest BCUT2D eigenvalue weighted by atomic mass is 16.2. The molecule has 2 aliphatic rings. The van der Waals surface area contributed by atoms with Crippen molar-refractivity contribution < 1.29 is 19.2 Å². The Balaban J connectivity index is 1.32. The third-order valence-corrected chi connectivity index (χ3v) is 5.67. The number of nitrogens with zero attached hydrogens (tertiary/aromatic N) is 2. The molecule has 1 aliphatic carbocycles. The van der Waals surface area contributed by atoms with Crippen LogP contribution in [0, 0.1) is 0 Å². The van der Waals surface area contributed by atoms with Crippen LogP contribution in [0.15, 0.2) is 30.3 Å². The molecule has 152 valence electrons. The van der Waals surface area contributed by atoms with Crippen LogP contribution >= 0.6 is 0 Å². The van der Waals surface area contributed by atoms with Gasteiger partial charge in [0.05, 0.1) is 6.04 Å². The molecule has 1 aliphatic heterocycles. The minimum absolute atomic E-state index is 0.00819. The van der Waals surface area contributed by atoms with Gasteiger partial charge in [-0.25, -0.2) is 0 Å². The number of hydrogen-bond acceptors (Lipinski definition) is 4. The smallest absolute Gasteiger partial charge is 0.312 e. The first-order valence-corrected chi connectivity index (χ1v) is 10.0. The lowest BCUT2D eigenvalue weighted by Crippen LogP contribution is -2.55. The molecule has 0 spiro atoms. The largest absolute Gasteiger partial charge is 0.351 e. The summed E-state index contributed by atoms with van der Waals surface area (Å²) < 4.78 is 0. The summed E-state index contributed by atoms with van der Waals surface area (Å²) >= 11 is 0. The summed E-state index contributed by atoms with van der Waals surface area (Å²) in [6.45, 7) is 1.29. The topological polar surface area (TPSA) is 103 Å². The molecule has 1 saturated heterocycles. The van der Waals surface area contributed by atoms with E-state index >= 15 is 0 Å². The van der Waals surface area contributed by atoms with E-state index in [9.17, 15) is 19.2 Å². The van der Waals surface area contributed by atoms with Gasteiger partial charge in [0, 0.05) is 43.5 Å². The van der Waals surface area contributed by atoms with Crippen molar-refractivity contribution in [2.24, 2.45) is 0 Å². The average Bonchev–Trinajstić information content (AvgIpc) is 3.18. The number of carbonyl (C=O) groups is 4. The Morgan fingerprint density at radius 2 is 1.72 bits per heavy atom. The summed E-state index contributed by atoms with van der Waals surface area (Å²) in [6, 6.07) is 8.95. The maximum absolute atomic E-state index is 12.8. The summed E-state index contributed by atoms with van der Waals surface area (Å²) in [4.78, 5) is 55.5. The molecule has 1 aromatic heterocycles. The molecule has 2 N–H and O–H groups in total. The summed E-state index contributed by atoms with van der Waals surface area (Å²) in [5, 5.41) is 3.55. The first kappa shape index (κ1) is 19.2. The summed E-state index contributed by atoms with van der Waals surface area (Å²) in [5.74, 6) is -1.50. The number of hydrogen-bond donors (Lipinski definition) is 2. The number of para-hydroxylation sites is 1. The molecule has 0 bridgehead atoms. The molecule has 8 nitrogen and oxygen atoms in total. The lowest BCUT2D eigenvalue weighted by atomic mass is 9.94. The van der Waals surface area contributed by atoms with Crippen molar-refractivity contribution in [2.45, 2.75) is 31.7 Å². The molecule has 2 fully saturated rings. The van der Waals surface area contributed by atoms with Gasteiger partial charge in [-0.3, -0.25) is 19.2 Å². The zero-order valence-electron chi connectivity index (χ0n) is 16.1. The first-order valence-electron chi connectivity index (χ1n) is 10.0. The Hall–Kier alpha value is -3.16. The van der Waals surface area contributed by atoms with Gasteiger partial charge < -0.3 is 20.1 Å². The Bertz CT molecular complexity index is 925. The van der Waals surface area contributed by atoms with Crippen LogP contribution in [-0.4, -0.2) is 70.5 Å². The van der Waals surface area contributed by atoms with Crippen molar-refractivity contribution in [2.75, 3.05) is 26.2 Å². The van der Waals surface area contributed by atoms with E-state index in [1.54, 1.807) is 4.90 Å². The van der Waals surface area contributed by atoms with Crippen molar-refractivity contribution in [3.8, 4) is 0 Å². The molecular formula is C21H24N4O4. The number of amides is 3. The predicted molar refractivity (Wildman–Crippen MR) is 106 cm³/mol. The minimum Gasteiger partial charge on any atom is -0.351 e. The van der Waals surface area contributed by atoms with E-state index in [2.05, 4.69) is 10.3 Å². The van der Waals surface area contributed by atoms with E-state index in [1.165, 1.54) is 4.90 Å². The second-order valence-electron chi connectivity index (χ2n) is 7.59. The highest BCUT2D eigenvalue weighted by Crippen LogP contribution is 2.17. The number of rotatable bonds is 2. The number of fused-ring (bicyclic) bond motifs is 1. The highest BCUT2D eigenvalue weighted by Gasteiger charge is 2.31. The molecule has 29 heavy (non-hydrogen) atoms. The van der Waals surface area contributed by atoms with Gasteiger partial charge in [-0.15, -0.1) is 0 Å². The minimum atomic E-state index is -0.736. The van der Waals surface area contributed by atoms with Crippen molar-refractivity contribution >= 4 is 34.4 Å². The quantitative estimate of drug-likeness (QED) is 0.742. The number of benzene rings is 1. The second kappa shape index (κ2) is 8.06. The molecule has 2 aromatic rings. The molecule has 1 saturated carbocycles. The number of piperazine rings is 1. The van der Waals surface area contributed by atoms with E-state index in [-0.39, 0.29) is 24.8 Å². The fraction of sp³-hybridized carbons (Fsp3) is 0.429. The molecule has 0 radical (unpaired) electrons. The molecule has 2 heterocycles. The molecule has 8 heteroatoms. The van der Waals surface area contributed by atoms with Crippen molar-refractivity contribution in [3.63, 3.8) is 0 Å². The normalized spacial score (nSPS) is 20.0. The maximum atomic E-state index is 12.8. The number of ketones is 1. The van der Waals surface area contributed by atoms with Crippen LogP contribution in [0.1, 0.15) is 36.2 Å². The molecule has 4 rings (SSSR count). The number of nitrogens with one attached hydrogen (secondary N) is 2. The van der Waals surface area contributed by atoms with Crippen LogP contribution in [0.5, 0.6) is 0 Å². The van der Waals surface area contributed by atoms with Gasteiger partial charge in [0.15, 0.2) is 5.78 Å². The van der Waals surface area contributed by atoms with Crippen molar-refractivity contribution in [3.05, 3.63) is 36.0 Å². The molecule has 1 atom stereocenters. The van der Waals surface area contributed by atoms with Gasteiger partial charge in [0.25, 0.3) is 5.91 Å². The molecule has 3 amide bonds. The van der Waals surface area contributed by atoms with Gasteiger partial charge in [0.2, 0.25) is 0 Å². The van der Waals surface area contributed by atoms with Crippen LogP contribution in [0.25, 0.3) is 10.9 Å². The lowest BCUT2D eigenvalue weighted by molar-refractivity contribution is -0.147. The number of aromatic nitrogens is 1. The van der Waals surface area contributed by atoms with Crippen LogP contribution in [0.4, 0.5) is 0 Å². The SMILES string of the molecule is O=C(N[C@H]1CCCCC1=O)C(=O)N1CCN(C(=O)c2cc3ccccc3[nH]2)CC1. The monoisotopic (exact) mass is 396 g/mol. The third-order valence-electron chi connectivity index (χ3n) is 5.67. The summed E-state index contributed by atoms with van der Waals surface area (Å²) in [6.07, 6.45) is 2.75. The maximum Gasteiger partial charge on any atom is 0.312 e. The Labute approximate surface area is 168 Å². The zero-order valence-corrected chi connectivity index (χ0v) is 16.1. The van der Waals surface area contributed by atoms with Crippen LogP contribution in [-0.2, 0) is 14.4 Å². The van der Waals surface area contributed by atoms with E-state index in [4.69, 9.17) is 0 Å². The second-order valence-corrected chi connectivity index (χ2v) is 7.59. The lowest BCUT2D eigenvalue weighted by Gasteiger charge is -2.34. The Morgan fingerprint density at radius 3 is 2.45 bits per heavy atom. The van der Waals surface area contributed by atoms with E-state index in [0.29, 0.717) is 31.6 Å². The predicted octanol–water partition coefficient (Wildman–Crippen LogP) is 1.08. The number of Topliss-reactive ketones (excluding diaryl/α,β-unsaturated/α-hetero) is 1. The molecule has 1 aromatic carbocycles. The Kier molecular flexibility index (Phi) is 5.33. The van der Waals surface area contributed by atoms with Crippen LogP contribution < -0.4 is 5.32 Å². The third kappa shape index (κ3) is 4.01. The summed E-state index contributed by atoms with van der Waals surface area (Å²) in [5.41, 5.74) is 1.41. The Morgan fingerprint density at radius 1 is 1.00 bits per heavy atom. The standard InChI is InChI=1S/C21H24N4O4/c26-18-8-4-3-7-16(18)23-19(27)21(29)25-11-9-24(10-12-25)20(28)17-13-14-5-1-2-6-15(14)22-17/h1-2,5-6,13,16,22H,3-4,7-12H2,(H,23,27)/t16-/m0/s1. The highest BCUT2D eigenvalue weighted by molar-refractivity contribution is 6.35. The van der Waals surface area contributed by atoms with Crippen LogP contribution in [0.3, 0.4) is 0 Å². The molecular weight excluding hydrogens is 372 g/mol. The van der Waals surface area contributed by atoms with Crippen molar-refractivity contribution in [1.29, 1.82) is 0 Å². The van der Waals surface area contributed by atoms with E-state index in [0.717, 1.165) is 23.7 Å². The number of carbonyl (C=O) groups excluding carboxylic acids is 4. The van der Waals surface area contributed by atoms with E-state index < -0.39 is 17.9 Å². The van der Waals surface area contributed by atoms with Gasteiger partial charge in [-0.05, 0) is 25.0 Å². The average molecular weight is 396 g/mol. The van der Waals surface area contributed by atoms with Gasteiger partial charge in [-0.2, -0.15) is 0 Å². The van der Waals surface area contributed by atoms with Gasteiger partial charge >= 0.3 is 11.8 Å². The first-order chi connectivity index (χ1) is 14.0. The fourth-order valence-electron chi connectivity index (χ4n) is 3.97. The van der Waals surface area contributed by atoms with Gasteiger partial charge in [0.1, 0.15) is 5.69 Å². The fourth-order valence-corrected chi connectivity index (χ4v) is 3.97. The molecule has 0 unspecified atom stereocenters. The van der Waals surface area contributed by atoms with Crippen molar-refractivity contribution in [1.82, 2.24) is 20.1 Å². The summed E-state index contributed by atoms with van der Waals surface area (Å²) in [7, 11) is 0. The van der Waals surface area contributed by atoms with Gasteiger partial charge in [-0.1, -0.05) is 24.6 Å². The number of aromatic amines is 1. The number of H-pyrrole nitrogens is 1.